The minimum Gasteiger partial charge on any atom is -0.493 e. The summed E-state index contributed by atoms with van der Waals surface area (Å²) >= 11 is 0. The second-order valence-electron chi connectivity index (χ2n) is 5.38. The molecule has 0 aliphatic carbocycles. The van der Waals surface area contributed by atoms with E-state index in [1.54, 1.807) is 0 Å². The Labute approximate surface area is 159 Å². The Balaban J connectivity index is 2.23. The molecule has 0 amide bonds. The summed E-state index contributed by atoms with van der Waals surface area (Å²) in [5, 5.41) is 0. The van der Waals surface area contributed by atoms with E-state index in [0.29, 0.717) is 5.56 Å². The van der Waals surface area contributed by atoms with Crippen LogP contribution in [0, 0.1) is 0 Å². The predicted molar refractivity (Wildman–Crippen MR) is 93.1 cm³/mol. The summed E-state index contributed by atoms with van der Waals surface area (Å²) in [7, 11) is 3.74. The van der Waals surface area contributed by atoms with E-state index in [9.17, 15) is 18.4 Å². The summed E-state index contributed by atoms with van der Waals surface area (Å²) in [6.45, 7) is -2.97. The third kappa shape index (κ3) is 5.32. The predicted octanol–water partition coefficient (Wildman–Crippen LogP) is 3.45. The Morgan fingerprint density at radius 1 is 0.893 bits per heavy atom. The lowest BCUT2D eigenvalue weighted by Gasteiger charge is -2.13. The number of carbonyl (C=O) groups excluding carboxylic acids is 2. The first-order valence-electron chi connectivity index (χ1n) is 7.94. The maximum Gasteiger partial charge on any atom is 0.387 e. The van der Waals surface area contributed by atoms with Crippen LogP contribution in [0.15, 0.2) is 36.4 Å². The molecular weight excluding hydrogens is 378 g/mol. The maximum atomic E-state index is 12.4. The van der Waals surface area contributed by atoms with Gasteiger partial charge in [-0.1, -0.05) is 6.07 Å². The highest BCUT2D eigenvalue weighted by Crippen LogP contribution is 2.30. The van der Waals surface area contributed by atoms with E-state index in [1.807, 2.05) is 0 Å². The van der Waals surface area contributed by atoms with Crippen LogP contribution in [0.3, 0.4) is 0 Å². The average molecular weight is 396 g/mol. The molecule has 0 aliphatic rings. The van der Waals surface area contributed by atoms with Gasteiger partial charge >= 0.3 is 18.6 Å². The molecule has 150 valence electrons. The Morgan fingerprint density at radius 2 is 1.50 bits per heavy atom. The van der Waals surface area contributed by atoms with Crippen LogP contribution in [0.2, 0.25) is 0 Å². The van der Waals surface area contributed by atoms with Gasteiger partial charge in [-0.2, -0.15) is 8.78 Å². The van der Waals surface area contributed by atoms with Crippen LogP contribution in [0.1, 0.15) is 26.3 Å². The minimum absolute atomic E-state index is 0.0105. The van der Waals surface area contributed by atoms with Gasteiger partial charge in [-0.05, 0) is 35.9 Å². The lowest BCUT2D eigenvalue weighted by atomic mass is 10.1. The van der Waals surface area contributed by atoms with E-state index in [0.717, 1.165) is 0 Å². The lowest BCUT2D eigenvalue weighted by molar-refractivity contribution is -0.0512. The average Bonchev–Trinajstić information content (AvgIpc) is 2.71. The van der Waals surface area contributed by atoms with Gasteiger partial charge < -0.3 is 23.7 Å². The molecule has 28 heavy (non-hydrogen) atoms. The summed E-state index contributed by atoms with van der Waals surface area (Å²) in [4.78, 5) is 23.6. The third-order valence-electron chi connectivity index (χ3n) is 3.60. The molecule has 9 heteroatoms. The van der Waals surface area contributed by atoms with Crippen LogP contribution >= 0.6 is 0 Å². The highest BCUT2D eigenvalue weighted by Gasteiger charge is 2.15. The van der Waals surface area contributed by atoms with Crippen LogP contribution in [0.25, 0.3) is 0 Å². The van der Waals surface area contributed by atoms with Crippen molar-refractivity contribution in [3.63, 3.8) is 0 Å². The molecule has 2 aromatic rings. The normalized spacial score (nSPS) is 10.4. The quantitative estimate of drug-likeness (QED) is 0.632. The van der Waals surface area contributed by atoms with Gasteiger partial charge in [0.25, 0.3) is 0 Å². The van der Waals surface area contributed by atoms with Crippen LogP contribution in [0.5, 0.6) is 17.2 Å². The second-order valence-corrected chi connectivity index (χ2v) is 5.38. The summed E-state index contributed by atoms with van der Waals surface area (Å²) in [5.41, 5.74) is 0.805. The summed E-state index contributed by atoms with van der Waals surface area (Å²) in [5.74, 6) is -1.08. The van der Waals surface area contributed by atoms with Gasteiger partial charge in [0.1, 0.15) is 12.4 Å². The second kappa shape index (κ2) is 9.54. The van der Waals surface area contributed by atoms with Crippen molar-refractivity contribution in [3.05, 3.63) is 53.1 Å². The molecule has 7 nitrogen and oxygen atoms in total. The van der Waals surface area contributed by atoms with Gasteiger partial charge in [-0.3, -0.25) is 0 Å². The zero-order valence-electron chi connectivity index (χ0n) is 15.4. The van der Waals surface area contributed by atoms with Crippen molar-refractivity contribution in [1.82, 2.24) is 0 Å². The first kappa shape index (κ1) is 20.9. The number of methoxy groups -OCH3 is 3. The third-order valence-corrected chi connectivity index (χ3v) is 3.60. The fraction of sp³-hybridized carbons (Fsp3) is 0.263. The van der Waals surface area contributed by atoms with Crippen molar-refractivity contribution in [2.45, 2.75) is 13.2 Å². The molecule has 0 unspecified atom stereocenters. The van der Waals surface area contributed by atoms with Crippen molar-refractivity contribution < 1.29 is 42.1 Å². The number of ether oxygens (including phenoxy) is 5. The Hall–Kier alpha value is -3.36. The molecular formula is C19H18F2O7. The van der Waals surface area contributed by atoms with E-state index in [4.69, 9.17) is 9.47 Å². The van der Waals surface area contributed by atoms with E-state index >= 15 is 0 Å². The van der Waals surface area contributed by atoms with Crippen LogP contribution < -0.4 is 14.2 Å². The summed E-state index contributed by atoms with van der Waals surface area (Å²) in [6.07, 6.45) is 0. The molecule has 0 aromatic heterocycles. The Bertz CT molecular complexity index is 818. The largest absolute Gasteiger partial charge is 0.493 e. The number of carbonyl (C=O) groups is 2. The van der Waals surface area contributed by atoms with Gasteiger partial charge in [0.15, 0.2) is 11.5 Å². The lowest BCUT2D eigenvalue weighted by Crippen LogP contribution is -2.08. The molecule has 0 atom stereocenters. The van der Waals surface area contributed by atoms with Gasteiger partial charge in [-0.15, -0.1) is 0 Å². The molecule has 0 N–H and O–H groups in total. The maximum absolute atomic E-state index is 12.4. The van der Waals surface area contributed by atoms with E-state index in [-0.39, 0.29) is 35.0 Å². The number of hydrogen-bond donors (Lipinski definition) is 0. The molecule has 0 fully saturated rings. The Morgan fingerprint density at radius 3 is 2.00 bits per heavy atom. The smallest absolute Gasteiger partial charge is 0.387 e. The first-order chi connectivity index (χ1) is 13.4. The van der Waals surface area contributed by atoms with Crippen molar-refractivity contribution in [2.75, 3.05) is 21.3 Å². The number of rotatable bonds is 8. The molecule has 2 rings (SSSR count). The van der Waals surface area contributed by atoms with Crippen molar-refractivity contribution in [3.8, 4) is 17.2 Å². The number of alkyl halides is 2. The van der Waals surface area contributed by atoms with Crippen molar-refractivity contribution in [1.29, 1.82) is 0 Å². The number of benzene rings is 2. The summed E-state index contributed by atoms with van der Waals surface area (Å²) < 4.78 is 49.1. The molecule has 0 spiro atoms. The van der Waals surface area contributed by atoms with Gasteiger partial charge in [0.05, 0.1) is 32.5 Å². The zero-order chi connectivity index (χ0) is 20.7. The van der Waals surface area contributed by atoms with E-state index < -0.39 is 18.6 Å². The summed E-state index contributed by atoms with van der Waals surface area (Å²) in [6, 6.07) is 8.46. The molecule has 0 heterocycles. The fourth-order valence-corrected chi connectivity index (χ4v) is 2.32. The van der Waals surface area contributed by atoms with Crippen molar-refractivity contribution >= 4 is 11.9 Å². The Kier molecular flexibility index (Phi) is 7.14. The van der Waals surface area contributed by atoms with Gasteiger partial charge in [0.2, 0.25) is 0 Å². The van der Waals surface area contributed by atoms with E-state index in [2.05, 4.69) is 14.2 Å². The highest BCUT2D eigenvalue weighted by atomic mass is 19.3. The van der Waals surface area contributed by atoms with Crippen molar-refractivity contribution in [2.24, 2.45) is 0 Å². The van der Waals surface area contributed by atoms with Crippen LogP contribution in [0.4, 0.5) is 8.78 Å². The zero-order valence-corrected chi connectivity index (χ0v) is 15.4. The van der Waals surface area contributed by atoms with Crippen LogP contribution in [-0.2, 0) is 16.1 Å². The highest BCUT2D eigenvalue weighted by molar-refractivity contribution is 5.96. The topological polar surface area (TPSA) is 80.3 Å². The van der Waals surface area contributed by atoms with Crippen LogP contribution in [-0.4, -0.2) is 39.9 Å². The monoisotopic (exact) mass is 396 g/mol. The fourth-order valence-electron chi connectivity index (χ4n) is 2.32. The first-order valence-corrected chi connectivity index (χ1v) is 7.94. The molecule has 0 bridgehead atoms. The van der Waals surface area contributed by atoms with Gasteiger partial charge in [0, 0.05) is 0 Å². The van der Waals surface area contributed by atoms with E-state index in [1.165, 1.54) is 57.7 Å². The number of esters is 2. The standard InChI is InChI=1S/C19H18F2O7/c1-24-16-6-11(4-5-15(16)28-19(20)21)10-27-14-8-12(17(22)25-2)7-13(9-14)18(23)26-3/h4-9,19H,10H2,1-3H3. The molecule has 0 aliphatic heterocycles. The molecule has 0 saturated carbocycles. The molecule has 0 radical (unpaired) electrons. The number of halogens is 2. The van der Waals surface area contributed by atoms with Gasteiger partial charge in [-0.25, -0.2) is 9.59 Å². The minimum atomic E-state index is -2.98. The molecule has 0 saturated heterocycles. The SMILES string of the molecule is COC(=O)c1cc(OCc2ccc(OC(F)F)c(OC)c2)cc(C(=O)OC)c1. The molecule has 2 aromatic carbocycles. The number of hydrogen-bond acceptors (Lipinski definition) is 7.